The molecule has 2 nitrogen and oxygen atoms in total. The van der Waals surface area contributed by atoms with Crippen LogP contribution in [-0.4, -0.2) is 5.11 Å². The first-order chi connectivity index (χ1) is 8.58. The fourth-order valence-electron chi connectivity index (χ4n) is 1.81. The lowest BCUT2D eigenvalue weighted by atomic mass is 10.1. The van der Waals surface area contributed by atoms with Gasteiger partial charge < -0.3 is 10.4 Å². The van der Waals surface area contributed by atoms with Crippen LogP contribution in [0.1, 0.15) is 29.7 Å². The molecular weight excluding hydrogens is 249 g/mol. The lowest BCUT2D eigenvalue weighted by Gasteiger charge is -2.15. The van der Waals surface area contributed by atoms with E-state index in [2.05, 4.69) is 23.0 Å². The second-order valence-electron chi connectivity index (χ2n) is 4.39. The molecule has 0 aliphatic carbocycles. The van der Waals surface area contributed by atoms with Gasteiger partial charge in [-0.05, 0) is 53.9 Å². The van der Waals surface area contributed by atoms with E-state index in [4.69, 9.17) is 0 Å². The van der Waals surface area contributed by atoms with E-state index in [-0.39, 0.29) is 17.6 Å². The van der Waals surface area contributed by atoms with Gasteiger partial charge in [0.15, 0.2) is 0 Å². The first-order valence-electron chi connectivity index (χ1n) is 5.81. The van der Waals surface area contributed by atoms with Crippen LogP contribution in [0.5, 0.6) is 5.75 Å². The van der Waals surface area contributed by atoms with Crippen molar-refractivity contribution in [1.82, 2.24) is 5.32 Å². The van der Waals surface area contributed by atoms with E-state index in [1.54, 1.807) is 11.3 Å². The van der Waals surface area contributed by atoms with Gasteiger partial charge in [-0.25, -0.2) is 4.39 Å². The summed E-state index contributed by atoms with van der Waals surface area (Å²) in [6.45, 7) is 4.69. The predicted octanol–water partition coefficient (Wildman–Crippen LogP) is 3.75. The SMILES string of the molecule is Cc1cscc1CNC(C)c1cc(F)ccc1O. The van der Waals surface area contributed by atoms with E-state index >= 15 is 0 Å². The molecule has 0 aliphatic rings. The number of aromatic hydroxyl groups is 1. The van der Waals surface area contributed by atoms with Gasteiger partial charge in [0.2, 0.25) is 0 Å². The van der Waals surface area contributed by atoms with Crippen molar-refractivity contribution in [2.24, 2.45) is 0 Å². The Kier molecular flexibility index (Phi) is 3.99. The Labute approximate surface area is 110 Å². The second kappa shape index (κ2) is 5.50. The molecule has 4 heteroatoms. The van der Waals surface area contributed by atoms with Crippen molar-refractivity contribution in [2.75, 3.05) is 0 Å². The summed E-state index contributed by atoms with van der Waals surface area (Å²) in [5.74, 6) is -0.207. The molecule has 1 atom stereocenters. The van der Waals surface area contributed by atoms with Crippen molar-refractivity contribution in [3.8, 4) is 5.75 Å². The summed E-state index contributed by atoms with van der Waals surface area (Å²) in [4.78, 5) is 0. The molecule has 0 saturated heterocycles. The predicted molar refractivity (Wildman–Crippen MR) is 72.4 cm³/mol. The third-order valence-electron chi connectivity index (χ3n) is 3.02. The molecule has 18 heavy (non-hydrogen) atoms. The summed E-state index contributed by atoms with van der Waals surface area (Å²) in [6.07, 6.45) is 0. The molecule has 0 amide bonds. The van der Waals surface area contributed by atoms with Gasteiger partial charge in [0, 0.05) is 18.2 Å². The van der Waals surface area contributed by atoms with Crippen molar-refractivity contribution in [1.29, 1.82) is 0 Å². The Hall–Kier alpha value is -1.39. The van der Waals surface area contributed by atoms with Gasteiger partial charge in [-0.1, -0.05) is 0 Å². The Balaban J connectivity index is 2.06. The number of hydrogen-bond donors (Lipinski definition) is 2. The normalized spacial score (nSPS) is 12.6. The van der Waals surface area contributed by atoms with Crippen LogP contribution in [0.2, 0.25) is 0 Å². The summed E-state index contributed by atoms with van der Waals surface area (Å²) >= 11 is 1.67. The van der Waals surface area contributed by atoms with Gasteiger partial charge in [0.05, 0.1) is 0 Å². The molecule has 0 fully saturated rings. The minimum absolute atomic E-state index is 0.0972. The number of nitrogens with one attached hydrogen (secondary N) is 1. The molecule has 2 aromatic rings. The van der Waals surface area contributed by atoms with Gasteiger partial charge >= 0.3 is 0 Å². The van der Waals surface area contributed by atoms with Gasteiger partial charge in [-0.3, -0.25) is 0 Å². The Morgan fingerprint density at radius 2 is 2.17 bits per heavy atom. The van der Waals surface area contributed by atoms with Gasteiger partial charge in [-0.2, -0.15) is 11.3 Å². The van der Waals surface area contributed by atoms with E-state index in [1.165, 1.54) is 29.3 Å². The Morgan fingerprint density at radius 1 is 1.39 bits per heavy atom. The minimum atomic E-state index is -0.330. The number of aryl methyl sites for hydroxylation is 1. The second-order valence-corrected chi connectivity index (χ2v) is 5.13. The standard InChI is InChI=1S/C14H16FNOS/c1-9-7-18-8-11(9)6-16-10(2)13-5-12(15)3-4-14(13)17/h3-5,7-8,10,16-17H,6H2,1-2H3. The van der Waals surface area contributed by atoms with Crippen molar-refractivity contribution in [3.63, 3.8) is 0 Å². The van der Waals surface area contributed by atoms with Gasteiger partial charge in [-0.15, -0.1) is 0 Å². The molecule has 0 bridgehead atoms. The highest BCUT2D eigenvalue weighted by Gasteiger charge is 2.11. The molecule has 0 saturated carbocycles. The Bertz CT molecular complexity index is 538. The summed E-state index contributed by atoms with van der Waals surface area (Å²) in [5.41, 5.74) is 3.08. The van der Waals surface area contributed by atoms with E-state index in [0.717, 1.165) is 0 Å². The highest BCUT2D eigenvalue weighted by Crippen LogP contribution is 2.25. The monoisotopic (exact) mass is 265 g/mol. The van der Waals surface area contributed by atoms with E-state index in [9.17, 15) is 9.50 Å². The molecule has 0 aliphatic heterocycles. The number of benzene rings is 1. The minimum Gasteiger partial charge on any atom is -0.508 e. The Morgan fingerprint density at radius 3 is 2.83 bits per heavy atom. The first kappa shape index (κ1) is 13.1. The zero-order valence-electron chi connectivity index (χ0n) is 10.4. The highest BCUT2D eigenvalue weighted by molar-refractivity contribution is 7.08. The third-order valence-corrected chi connectivity index (χ3v) is 3.93. The molecule has 2 rings (SSSR count). The van der Waals surface area contributed by atoms with Crippen molar-refractivity contribution >= 4 is 11.3 Å². The maximum Gasteiger partial charge on any atom is 0.123 e. The van der Waals surface area contributed by atoms with E-state index in [0.29, 0.717) is 12.1 Å². The molecule has 2 N–H and O–H groups in total. The lowest BCUT2D eigenvalue weighted by Crippen LogP contribution is -2.18. The van der Waals surface area contributed by atoms with Crippen molar-refractivity contribution < 1.29 is 9.50 Å². The molecular formula is C14H16FNOS. The van der Waals surface area contributed by atoms with E-state index in [1.807, 2.05) is 6.92 Å². The maximum atomic E-state index is 13.1. The van der Waals surface area contributed by atoms with Crippen LogP contribution in [0.25, 0.3) is 0 Å². The summed E-state index contributed by atoms with van der Waals surface area (Å²) < 4.78 is 13.1. The zero-order valence-corrected chi connectivity index (χ0v) is 11.2. The average molecular weight is 265 g/mol. The van der Waals surface area contributed by atoms with Crippen LogP contribution in [-0.2, 0) is 6.54 Å². The smallest absolute Gasteiger partial charge is 0.123 e. The molecule has 1 heterocycles. The van der Waals surface area contributed by atoms with E-state index < -0.39 is 0 Å². The van der Waals surface area contributed by atoms with Crippen LogP contribution in [0, 0.1) is 12.7 Å². The fourth-order valence-corrected chi connectivity index (χ4v) is 2.67. The molecule has 0 spiro atoms. The van der Waals surface area contributed by atoms with Crippen molar-refractivity contribution in [2.45, 2.75) is 26.4 Å². The van der Waals surface area contributed by atoms with Crippen LogP contribution < -0.4 is 5.32 Å². The van der Waals surface area contributed by atoms with Crippen LogP contribution in [0.15, 0.2) is 29.0 Å². The number of rotatable bonds is 4. The summed E-state index contributed by atoms with van der Waals surface area (Å²) in [6, 6.07) is 3.92. The zero-order chi connectivity index (χ0) is 13.1. The maximum absolute atomic E-state index is 13.1. The molecule has 1 aromatic heterocycles. The van der Waals surface area contributed by atoms with Gasteiger partial charge in [0.1, 0.15) is 11.6 Å². The number of phenolic OH excluding ortho intramolecular Hbond substituents is 1. The third kappa shape index (κ3) is 2.89. The molecule has 0 radical (unpaired) electrons. The molecule has 1 aromatic carbocycles. The number of thiophene rings is 1. The molecule has 1 unspecified atom stereocenters. The quantitative estimate of drug-likeness (QED) is 0.882. The van der Waals surface area contributed by atoms with Crippen LogP contribution in [0.4, 0.5) is 4.39 Å². The first-order valence-corrected chi connectivity index (χ1v) is 6.75. The average Bonchev–Trinajstić information content (AvgIpc) is 2.75. The number of phenols is 1. The van der Waals surface area contributed by atoms with Crippen LogP contribution >= 0.6 is 11.3 Å². The summed E-state index contributed by atoms with van der Waals surface area (Å²) in [7, 11) is 0. The largest absolute Gasteiger partial charge is 0.508 e. The topological polar surface area (TPSA) is 32.3 Å². The summed E-state index contributed by atoms with van der Waals surface area (Å²) in [5, 5.41) is 17.2. The van der Waals surface area contributed by atoms with Crippen LogP contribution in [0.3, 0.4) is 0 Å². The lowest BCUT2D eigenvalue weighted by molar-refractivity contribution is 0.449. The highest BCUT2D eigenvalue weighted by atomic mass is 32.1. The number of hydrogen-bond acceptors (Lipinski definition) is 3. The number of halogens is 1. The van der Waals surface area contributed by atoms with Crippen molar-refractivity contribution in [3.05, 3.63) is 51.5 Å². The van der Waals surface area contributed by atoms with Gasteiger partial charge in [0.25, 0.3) is 0 Å². The fraction of sp³-hybridized carbons (Fsp3) is 0.286. The molecule has 96 valence electrons.